The van der Waals surface area contributed by atoms with Gasteiger partial charge < -0.3 is 5.11 Å². The van der Waals surface area contributed by atoms with E-state index < -0.39 is 16.9 Å². The Bertz CT molecular complexity index is 165. The zero-order valence-corrected chi connectivity index (χ0v) is 7.95. The quantitative estimate of drug-likeness (QED) is 0.592. The van der Waals surface area contributed by atoms with Crippen LogP contribution < -0.4 is 0 Å². The molecular formula is C6H8HoO2S. The van der Waals surface area contributed by atoms with Crippen molar-refractivity contribution in [3.8, 4) is 0 Å². The van der Waals surface area contributed by atoms with Gasteiger partial charge in [-0.15, -0.1) is 0 Å². The molecule has 0 saturated carbocycles. The zero-order valence-electron chi connectivity index (χ0n) is 5.12. The number of thiol groups is 1. The van der Waals surface area contributed by atoms with Crippen LogP contribution >= 0.6 is 10.9 Å². The van der Waals surface area contributed by atoms with Crippen LogP contribution in [0.4, 0.5) is 0 Å². The third-order valence-corrected chi connectivity index (χ3v) is 2.73. The van der Waals surface area contributed by atoms with E-state index in [2.05, 4.69) is 0 Å². The van der Waals surface area contributed by atoms with Crippen molar-refractivity contribution in [3.05, 3.63) is 23.0 Å². The van der Waals surface area contributed by atoms with Gasteiger partial charge in [0, 0.05) is 37.7 Å². The Hall–Kier alpha value is 0.560. The molecule has 0 saturated heterocycles. The first-order valence-electron chi connectivity index (χ1n) is 2.61. The average Bonchev–Trinajstić information content (AvgIpc) is 2.15. The average molecular weight is 309 g/mol. The Balaban J connectivity index is 0.000000810. The van der Waals surface area contributed by atoms with Crippen molar-refractivity contribution < 1.29 is 47.6 Å². The molecule has 0 aliphatic carbocycles. The molecule has 61 valence electrons. The predicted octanol–water partition coefficient (Wildman–Crippen LogP) is 1.11. The fourth-order valence-electron chi connectivity index (χ4n) is 0.632. The molecule has 1 aliphatic heterocycles. The van der Waals surface area contributed by atoms with Gasteiger partial charge in [-0.25, -0.2) is 10.9 Å². The molecule has 0 spiro atoms. The molecule has 1 aliphatic rings. The number of allylic oxidation sites excluding steroid dienone is 2. The molecule has 0 aromatic heterocycles. The van der Waals surface area contributed by atoms with Crippen LogP contribution in [-0.4, -0.2) is 16.8 Å². The number of hydrogen-bond acceptors (Lipinski definition) is 1. The van der Waals surface area contributed by atoms with E-state index in [0.717, 1.165) is 0 Å². The fourth-order valence-corrected chi connectivity index (χ4v) is 1.90. The number of carboxylic acids is 1. The normalized spacial score (nSPS) is 17.0. The maximum absolute atomic E-state index is 10.1. The summed E-state index contributed by atoms with van der Waals surface area (Å²) in [5.41, 5.74) is 0. The van der Waals surface area contributed by atoms with Gasteiger partial charge in [0.1, 0.15) is 0 Å². The summed E-state index contributed by atoms with van der Waals surface area (Å²) in [6.45, 7) is 0. The molecule has 10 heavy (non-hydrogen) atoms. The van der Waals surface area contributed by atoms with E-state index in [1.165, 1.54) is 0 Å². The summed E-state index contributed by atoms with van der Waals surface area (Å²) in [6, 6.07) is 0. The van der Waals surface area contributed by atoms with E-state index in [1.807, 2.05) is 23.0 Å². The van der Waals surface area contributed by atoms with E-state index >= 15 is 0 Å². The van der Waals surface area contributed by atoms with Gasteiger partial charge in [-0.3, -0.25) is 4.79 Å². The minimum atomic E-state index is -0.711. The van der Waals surface area contributed by atoms with Crippen LogP contribution in [0.3, 0.4) is 0 Å². The third-order valence-electron chi connectivity index (χ3n) is 0.984. The van der Waals surface area contributed by atoms with Gasteiger partial charge >= 0.3 is 5.97 Å². The van der Waals surface area contributed by atoms with Crippen molar-refractivity contribution in [3.63, 3.8) is 0 Å². The monoisotopic (exact) mass is 309 g/mol. The minimum Gasteiger partial charge on any atom is -0.481 e. The van der Waals surface area contributed by atoms with Crippen molar-refractivity contribution >= 4 is 16.9 Å². The molecule has 0 bridgehead atoms. The summed E-state index contributed by atoms with van der Waals surface area (Å²) in [5.74, 6) is -0.431. The van der Waals surface area contributed by atoms with E-state index in [1.54, 1.807) is 0 Å². The van der Waals surface area contributed by atoms with Crippen LogP contribution in [0.5, 0.6) is 0 Å². The molecule has 0 fully saturated rings. The van der Waals surface area contributed by atoms with Crippen molar-refractivity contribution in [2.45, 2.75) is 0 Å². The summed E-state index contributed by atoms with van der Waals surface area (Å²) >= 11 is 0. The van der Waals surface area contributed by atoms with Crippen molar-refractivity contribution in [1.82, 2.24) is 0 Å². The summed E-state index contributed by atoms with van der Waals surface area (Å²) in [6.07, 6.45) is 3.79. The Labute approximate surface area is 92.3 Å². The molecule has 0 aromatic carbocycles. The van der Waals surface area contributed by atoms with Crippen LogP contribution in [0.25, 0.3) is 0 Å². The standard InChI is InChI=1S/C6H8O2S.Ho/c7-6(8)5-9-3-1-2-4-9;/h1-4,9H,5H2,(H,7,8);. The Morgan fingerprint density at radius 2 is 1.90 bits per heavy atom. The summed E-state index contributed by atoms with van der Waals surface area (Å²) in [7, 11) is -0.445. The summed E-state index contributed by atoms with van der Waals surface area (Å²) in [4.78, 5) is 10.1. The van der Waals surface area contributed by atoms with Crippen molar-refractivity contribution in [2.24, 2.45) is 0 Å². The Kier molecular flexibility index (Phi) is 5.54. The second kappa shape index (κ2) is 5.24. The molecule has 0 unspecified atom stereocenters. The van der Waals surface area contributed by atoms with Gasteiger partial charge in [0.05, 0.1) is 5.75 Å². The van der Waals surface area contributed by atoms with Gasteiger partial charge in [-0.05, 0) is 10.8 Å². The Morgan fingerprint density at radius 3 is 2.30 bits per heavy atom. The van der Waals surface area contributed by atoms with Gasteiger partial charge in [0.25, 0.3) is 0 Å². The SMILES string of the molecule is O=C(O)C[SH]1C=CC=C1.[Ho]. The van der Waals surface area contributed by atoms with Crippen LogP contribution in [0.2, 0.25) is 0 Å². The Morgan fingerprint density at radius 1 is 1.40 bits per heavy atom. The minimum absolute atomic E-state index is 0. The third kappa shape index (κ3) is 3.66. The maximum Gasteiger partial charge on any atom is 0.312 e. The first kappa shape index (κ1) is 10.6. The summed E-state index contributed by atoms with van der Waals surface area (Å²) < 4.78 is 0. The molecular weight excluding hydrogens is 301 g/mol. The predicted molar refractivity (Wildman–Crippen MR) is 39.8 cm³/mol. The maximum atomic E-state index is 10.1. The number of rotatable bonds is 2. The van der Waals surface area contributed by atoms with Gasteiger partial charge in [-0.1, -0.05) is 12.2 Å². The molecule has 0 atom stereocenters. The van der Waals surface area contributed by atoms with E-state index in [-0.39, 0.29) is 43.5 Å². The summed E-state index contributed by atoms with van der Waals surface area (Å²) in [5, 5.41) is 12.2. The zero-order chi connectivity index (χ0) is 6.69. The van der Waals surface area contributed by atoms with E-state index in [9.17, 15) is 4.79 Å². The fraction of sp³-hybridized carbons (Fsp3) is 0.167. The first-order valence-corrected chi connectivity index (χ1v) is 4.28. The molecule has 1 heterocycles. The molecule has 0 amide bonds. The van der Waals surface area contributed by atoms with Crippen LogP contribution in [-0.2, 0) is 4.79 Å². The molecule has 2 nitrogen and oxygen atoms in total. The van der Waals surface area contributed by atoms with E-state index in [0.29, 0.717) is 0 Å². The topological polar surface area (TPSA) is 37.3 Å². The van der Waals surface area contributed by atoms with Crippen LogP contribution in [0, 0.1) is 37.7 Å². The number of carboxylic acid groups (broad SMARTS) is 1. The van der Waals surface area contributed by atoms with Gasteiger partial charge in [-0.2, -0.15) is 0 Å². The van der Waals surface area contributed by atoms with E-state index in [4.69, 9.17) is 5.11 Å². The smallest absolute Gasteiger partial charge is 0.312 e. The number of hydrogen-bond donors (Lipinski definition) is 2. The second-order valence-corrected chi connectivity index (χ2v) is 3.69. The molecule has 1 N–H and O–H groups in total. The molecule has 4 heteroatoms. The molecule has 1 radical (unpaired) electrons. The van der Waals surface area contributed by atoms with Crippen LogP contribution in [0.15, 0.2) is 23.0 Å². The van der Waals surface area contributed by atoms with Crippen molar-refractivity contribution in [2.75, 3.05) is 5.75 Å². The second-order valence-electron chi connectivity index (χ2n) is 1.75. The van der Waals surface area contributed by atoms with Gasteiger partial charge in [0.15, 0.2) is 0 Å². The van der Waals surface area contributed by atoms with Gasteiger partial charge in [0.2, 0.25) is 0 Å². The molecule has 0 aromatic rings. The van der Waals surface area contributed by atoms with Crippen LogP contribution in [0.1, 0.15) is 0 Å². The largest absolute Gasteiger partial charge is 0.481 e. The number of carbonyl (C=O) groups is 1. The number of aliphatic carboxylic acids is 1. The van der Waals surface area contributed by atoms with Crippen molar-refractivity contribution in [1.29, 1.82) is 0 Å². The molecule has 1 rings (SSSR count). The first-order chi connectivity index (χ1) is 4.29.